The highest BCUT2D eigenvalue weighted by molar-refractivity contribution is 6.30. The molecule has 4 heteroatoms. The molecule has 0 aromatic heterocycles. The Morgan fingerprint density at radius 2 is 1.85 bits per heavy atom. The van der Waals surface area contributed by atoms with Crippen molar-refractivity contribution in [1.82, 2.24) is 0 Å². The van der Waals surface area contributed by atoms with E-state index in [2.05, 4.69) is 0 Å². The second-order valence-electron chi connectivity index (χ2n) is 4.84. The normalized spacial score (nSPS) is 14.9. The molecule has 1 aliphatic heterocycles. The van der Waals surface area contributed by atoms with E-state index >= 15 is 0 Å². The van der Waals surface area contributed by atoms with Crippen LogP contribution in [0.1, 0.15) is 17.2 Å². The molecule has 0 radical (unpaired) electrons. The van der Waals surface area contributed by atoms with Gasteiger partial charge in [-0.3, -0.25) is 0 Å². The van der Waals surface area contributed by atoms with E-state index in [9.17, 15) is 0 Å². The summed E-state index contributed by atoms with van der Waals surface area (Å²) < 4.78 is 11.1. The van der Waals surface area contributed by atoms with Gasteiger partial charge >= 0.3 is 0 Å². The van der Waals surface area contributed by atoms with Crippen molar-refractivity contribution in [3.05, 3.63) is 58.6 Å². The highest BCUT2D eigenvalue weighted by atomic mass is 35.5. The molecule has 0 saturated heterocycles. The average molecular weight is 290 g/mol. The van der Waals surface area contributed by atoms with Crippen LogP contribution in [0.4, 0.5) is 0 Å². The zero-order valence-electron chi connectivity index (χ0n) is 11.0. The zero-order valence-corrected chi connectivity index (χ0v) is 11.8. The van der Waals surface area contributed by atoms with Crippen LogP contribution in [0.25, 0.3) is 0 Å². The predicted octanol–water partition coefficient (Wildman–Crippen LogP) is 3.35. The third-order valence-electron chi connectivity index (χ3n) is 3.34. The topological polar surface area (TPSA) is 44.5 Å². The van der Waals surface area contributed by atoms with E-state index < -0.39 is 0 Å². The number of benzene rings is 2. The van der Waals surface area contributed by atoms with Crippen LogP contribution >= 0.6 is 11.6 Å². The molecule has 0 fully saturated rings. The molecule has 0 bridgehead atoms. The minimum Gasteiger partial charge on any atom is -0.486 e. The second kappa shape index (κ2) is 5.73. The minimum atomic E-state index is -0.0868. The molecule has 104 valence electrons. The third-order valence-corrected chi connectivity index (χ3v) is 3.57. The van der Waals surface area contributed by atoms with Crippen molar-refractivity contribution in [3.63, 3.8) is 0 Å². The zero-order chi connectivity index (χ0) is 13.9. The van der Waals surface area contributed by atoms with E-state index in [0.717, 1.165) is 29.0 Å². The molecular formula is C16H16ClNO2. The fraction of sp³-hybridized carbons (Fsp3) is 0.250. The summed E-state index contributed by atoms with van der Waals surface area (Å²) in [6.07, 6.45) is 0.733. The second-order valence-corrected chi connectivity index (χ2v) is 5.28. The van der Waals surface area contributed by atoms with Crippen molar-refractivity contribution >= 4 is 11.6 Å². The smallest absolute Gasteiger partial charge is 0.161 e. The van der Waals surface area contributed by atoms with Crippen molar-refractivity contribution in [2.24, 2.45) is 5.73 Å². The van der Waals surface area contributed by atoms with Gasteiger partial charge in [-0.05, 0) is 41.8 Å². The molecule has 1 aliphatic rings. The molecule has 3 rings (SSSR count). The number of halogens is 1. The number of rotatable bonds is 3. The van der Waals surface area contributed by atoms with Crippen molar-refractivity contribution in [3.8, 4) is 11.5 Å². The largest absolute Gasteiger partial charge is 0.486 e. The van der Waals surface area contributed by atoms with Gasteiger partial charge in [0.1, 0.15) is 13.2 Å². The summed E-state index contributed by atoms with van der Waals surface area (Å²) in [4.78, 5) is 0. The lowest BCUT2D eigenvalue weighted by Gasteiger charge is -2.20. The molecule has 0 amide bonds. The molecule has 20 heavy (non-hydrogen) atoms. The summed E-state index contributed by atoms with van der Waals surface area (Å²) in [6.45, 7) is 1.20. The van der Waals surface area contributed by atoms with Crippen LogP contribution in [-0.2, 0) is 6.42 Å². The van der Waals surface area contributed by atoms with E-state index in [4.69, 9.17) is 26.8 Å². The summed E-state index contributed by atoms with van der Waals surface area (Å²) in [5, 5.41) is 0.708. The molecule has 1 unspecified atom stereocenters. The van der Waals surface area contributed by atoms with Gasteiger partial charge in [0.05, 0.1) is 0 Å². The van der Waals surface area contributed by atoms with Crippen molar-refractivity contribution in [2.45, 2.75) is 12.5 Å². The molecular weight excluding hydrogens is 274 g/mol. The van der Waals surface area contributed by atoms with Gasteiger partial charge in [-0.25, -0.2) is 0 Å². The molecule has 0 aliphatic carbocycles. The van der Waals surface area contributed by atoms with Gasteiger partial charge in [0.25, 0.3) is 0 Å². The van der Waals surface area contributed by atoms with Crippen LogP contribution in [0.15, 0.2) is 42.5 Å². The quantitative estimate of drug-likeness (QED) is 0.942. The monoisotopic (exact) mass is 289 g/mol. The number of nitrogens with two attached hydrogens (primary N) is 1. The fourth-order valence-corrected chi connectivity index (χ4v) is 2.52. The first-order chi connectivity index (χ1) is 9.72. The van der Waals surface area contributed by atoms with Crippen LogP contribution in [0, 0.1) is 0 Å². The highest BCUT2D eigenvalue weighted by Crippen LogP contribution is 2.32. The molecule has 1 heterocycles. The van der Waals surface area contributed by atoms with Crippen LogP contribution in [0.2, 0.25) is 5.02 Å². The summed E-state index contributed by atoms with van der Waals surface area (Å²) in [5.41, 5.74) is 8.40. The van der Waals surface area contributed by atoms with E-state index in [1.54, 1.807) is 0 Å². The summed E-state index contributed by atoms with van der Waals surface area (Å²) in [5.74, 6) is 1.60. The lowest BCUT2D eigenvalue weighted by atomic mass is 9.99. The van der Waals surface area contributed by atoms with Gasteiger partial charge in [0.2, 0.25) is 0 Å². The van der Waals surface area contributed by atoms with Crippen LogP contribution in [0.3, 0.4) is 0 Å². The maximum atomic E-state index is 6.24. The van der Waals surface area contributed by atoms with Crippen molar-refractivity contribution < 1.29 is 9.47 Å². The number of hydrogen-bond acceptors (Lipinski definition) is 3. The Morgan fingerprint density at radius 3 is 2.65 bits per heavy atom. The van der Waals surface area contributed by atoms with E-state index in [-0.39, 0.29) is 6.04 Å². The fourth-order valence-electron chi connectivity index (χ4n) is 2.32. The van der Waals surface area contributed by atoms with Crippen LogP contribution in [-0.4, -0.2) is 13.2 Å². The van der Waals surface area contributed by atoms with Crippen LogP contribution < -0.4 is 15.2 Å². The standard InChI is InChI=1S/C16H16ClNO2/c17-13-3-1-2-12(10-13)14(18)8-11-4-5-15-16(9-11)20-7-6-19-15/h1-5,9-10,14H,6-8,18H2. The number of fused-ring (bicyclic) bond motifs is 1. The highest BCUT2D eigenvalue weighted by Gasteiger charge is 2.14. The first kappa shape index (κ1) is 13.3. The molecule has 1 atom stereocenters. The Hall–Kier alpha value is -1.71. The molecule has 0 saturated carbocycles. The lowest BCUT2D eigenvalue weighted by Crippen LogP contribution is -2.16. The van der Waals surface area contributed by atoms with E-state index in [1.807, 2.05) is 42.5 Å². The average Bonchev–Trinajstić information content (AvgIpc) is 2.47. The summed E-state index contributed by atoms with van der Waals surface area (Å²) in [6, 6.07) is 13.5. The van der Waals surface area contributed by atoms with Gasteiger partial charge in [-0.1, -0.05) is 29.8 Å². The van der Waals surface area contributed by atoms with Gasteiger partial charge in [-0.15, -0.1) is 0 Å². The maximum Gasteiger partial charge on any atom is 0.161 e. The Kier molecular flexibility index (Phi) is 3.81. The molecule has 2 aromatic carbocycles. The van der Waals surface area contributed by atoms with E-state index in [1.165, 1.54) is 0 Å². The first-order valence-corrected chi connectivity index (χ1v) is 7.00. The Bertz CT molecular complexity index is 615. The van der Waals surface area contributed by atoms with Crippen molar-refractivity contribution in [1.29, 1.82) is 0 Å². The van der Waals surface area contributed by atoms with Crippen molar-refractivity contribution in [2.75, 3.05) is 13.2 Å². The number of hydrogen-bond donors (Lipinski definition) is 1. The maximum absolute atomic E-state index is 6.24. The molecule has 0 spiro atoms. The number of ether oxygens (including phenoxy) is 2. The van der Waals surface area contributed by atoms with Gasteiger partial charge in [-0.2, -0.15) is 0 Å². The Morgan fingerprint density at radius 1 is 1.05 bits per heavy atom. The third kappa shape index (κ3) is 2.89. The van der Waals surface area contributed by atoms with Gasteiger partial charge < -0.3 is 15.2 Å². The van der Waals surface area contributed by atoms with Gasteiger partial charge in [0, 0.05) is 11.1 Å². The van der Waals surface area contributed by atoms with Crippen LogP contribution in [0.5, 0.6) is 11.5 Å². The van der Waals surface area contributed by atoms with E-state index in [0.29, 0.717) is 18.2 Å². The summed E-state index contributed by atoms with van der Waals surface area (Å²) in [7, 11) is 0. The summed E-state index contributed by atoms with van der Waals surface area (Å²) >= 11 is 5.99. The molecule has 2 N–H and O–H groups in total. The molecule has 2 aromatic rings. The molecule has 3 nitrogen and oxygen atoms in total. The Balaban J connectivity index is 1.77. The Labute approximate surface area is 123 Å². The minimum absolute atomic E-state index is 0.0868. The van der Waals surface area contributed by atoms with Gasteiger partial charge in [0.15, 0.2) is 11.5 Å². The first-order valence-electron chi connectivity index (χ1n) is 6.62. The SMILES string of the molecule is NC(Cc1ccc2c(c1)OCCO2)c1cccc(Cl)c1. The lowest BCUT2D eigenvalue weighted by molar-refractivity contribution is 0.171. The predicted molar refractivity (Wildman–Crippen MR) is 79.5 cm³/mol.